The summed E-state index contributed by atoms with van der Waals surface area (Å²) in [6.45, 7) is 4.36. The van der Waals surface area contributed by atoms with Crippen LogP contribution in [0.5, 0.6) is 0 Å². The van der Waals surface area contributed by atoms with Gasteiger partial charge >= 0.3 is 0 Å². The molecule has 2 aliphatic rings. The quantitative estimate of drug-likeness (QED) is 0.902. The first kappa shape index (κ1) is 13.4. The molecule has 0 atom stereocenters. The number of nitrogens with one attached hydrogen (secondary N) is 1. The number of nitrogens with zero attached hydrogens (tertiary/aromatic N) is 2. The van der Waals surface area contributed by atoms with Gasteiger partial charge in [-0.2, -0.15) is 0 Å². The average molecular weight is 295 g/mol. The Morgan fingerprint density at radius 2 is 2.05 bits per heavy atom. The summed E-state index contributed by atoms with van der Waals surface area (Å²) >= 11 is 3.59. The highest BCUT2D eigenvalue weighted by molar-refractivity contribution is 8.14. The number of rotatable bonds is 2. The topological polar surface area (TPSA) is 37.3 Å². The van der Waals surface area contributed by atoms with Gasteiger partial charge in [0, 0.05) is 17.3 Å². The van der Waals surface area contributed by atoms with Gasteiger partial charge in [0.1, 0.15) is 5.01 Å². The fraction of sp³-hybridized carbons (Fsp3) is 0.714. The van der Waals surface area contributed by atoms with E-state index in [1.54, 1.807) is 11.3 Å². The number of amidine groups is 1. The summed E-state index contributed by atoms with van der Waals surface area (Å²) in [4.78, 5) is 9.45. The molecule has 2 heterocycles. The minimum absolute atomic E-state index is 0.125. The van der Waals surface area contributed by atoms with E-state index in [-0.39, 0.29) is 11.1 Å². The Kier molecular flexibility index (Phi) is 3.60. The van der Waals surface area contributed by atoms with E-state index in [9.17, 15) is 0 Å². The van der Waals surface area contributed by atoms with Crippen LogP contribution >= 0.6 is 23.1 Å². The molecule has 1 aromatic heterocycles. The van der Waals surface area contributed by atoms with Crippen LogP contribution in [0.25, 0.3) is 0 Å². The molecule has 1 spiro atoms. The van der Waals surface area contributed by atoms with Crippen LogP contribution in [-0.4, -0.2) is 21.4 Å². The Hall–Kier alpha value is -0.550. The van der Waals surface area contributed by atoms with Crippen molar-refractivity contribution in [1.82, 2.24) is 10.3 Å². The maximum atomic E-state index is 5.02. The van der Waals surface area contributed by atoms with Crippen molar-refractivity contribution in [3.8, 4) is 0 Å². The highest BCUT2D eigenvalue weighted by Crippen LogP contribution is 2.40. The van der Waals surface area contributed by atoms with Crippen LogP contribution < -0.4 is 5.32 Å². The third-order valence-corrected chi connectivity index (χ3v) is 6.23. The Labute approximate surface area is 123 Å². The van der Waals surface area contributed by atoms with E-state index in [2.05, 4.69) is 24.1 Å². The number of hydrogen-bond acceptors (Lipinski definition) is 5. The molecule has 5 heteroatoms. The van der Waals surface area contributed by atoms with E-state index in [4.69, 9.17) is 4.99 Å². The largest absolute Gasteiger partial charge is 0.354 e. The molecule has 3 nitrogen and oxygen atoms in total. The van der Waals surface area contributed by atoms with Gasteiger partial charge in [-0.15, -0.1) is 11.3 Å². The molecule has 1 saturated carbocycles. The maximum absolute atomic E-state index is 5.02. The molecule has 1 N–H and O–H groups in total. The summed E-state index contributed by atoms with van der Waals surface area (Å²) in [5.41, 5.74) is 0.115. The van der Waals surface area contributed by atoms with Crippen molar-refractivity contribution in [2.24, 2.45) is 4.99 Å². The molecule has 3 rings (SSSR count). The Morgan fingerprint density at radius 3 is 2.74 bits per heavy atom. The smallest absolute Gasteiger partial charge is 0.157 e. The molecular weight excluding hydrogens is 274 g/mol. The summed E-state index contributed by atoms with van der Waals surface area (Å²) in [6.07, 6.45) is 8.47. The second-order valence-corrected chi connectivity index (χ2v) is 7.94. The molecule has 1 aliphatic heterocycles. The maximum Gasteiger partial charge on any atom is 0.157 e. The summed E-state index contributed by atoms with van der Waals surface area (Å²) < 4.78 is 0. The first-order chi connectivity index (χ1) is 9.10. The zero-order valence-corrected chi connectivity index (χ0v) is 13.2. The van der Waals surface area contributed by atoms with Crippen molar-refractivity contribution < 1.29 is 0 Å². The second kappa shape index (κ2) is 5.09. The zero-order valence-electron chi connectivity index (χ0n) is 11.6. The lowest BCUT2D eigenvalue weighted by atomic mass is 9.84. The van der Waals surface area contributed by atoms with Gasteiger partial charge < -0.3 is 5.32 Å². The summed E-state index contributed by atoms with van der Waals surface area (Å²) in [5, 5.41) is 7.86. The Balaban J connectivity index is 1.72. The molecule has 1 aromatic rings. The second-order valence-electron chi connectivity index (χ2n) is 6.08. The van der Waals surface area contributed by atoms with Crippen LogP contribution in [0.4, 0.5) is 0 Å². The van der Waals surface area contributed by atoms with E-state index in [1.807, 2.05) is 23.3 Å². The third-order valence-electron chi connectivity index (χ3n) is 3.99. The van der Waals surface area contributed by atoms with Crippen LogP contribution in [0.2, 0.25) is 0 Å². The van der Waals surface area contributed by atoms with Crippen LogP contribution in [0.15, 0.2) is 16.6 Å². The van der Waals surface area contributed by atoms with Crippen LogP contribution in [0, 0.1) is 0 Å². The average Bonchev–Trinajstić information content (AvgIpc) is 3.01. The molecule has 0 unspecified atom stereocenters. The normalized spacial score (nSPS) is 22.5. The number of thioether (sulfide) groups is 1. The number of aromatic nitrogens is 1. The van der Waals surface area contributed by atoms with Gasteiger partial charge in [-0.1, -0.05) is 31.0 Å². The third kappa shape index (κ3) is 2.82. The number of aliphatic imine (C=N–C) groups is 1. The van der Waals surface area contributed by atoms with Crippen molar-refractivity contribution >= 4 is 28.3 Å². The fourth-order valence-corrected chi connectivity index (χ4v) is 4.93. The van der Waals surface area contributed by atoms with Crippen LogP contribution in [-0.2, 0) is 5.54 Å². The molecule has 0 aromatic carbocycles. The molecule has 0 radical (unpaired) electrons. The van der Waals surface area contributed by atoms with Gasteiger partial charge in [0.15, 0.2) is 5.17 Å². The van der Waals surface area contributed by atoms with Crippen molar-refractivity contribution in [3.05, 3.63) is 16.6 Å². The molecule has 1 fully saturated rings. The van der Waals surface area contributed by atoms with Gasteiger partial charge in [-0.3, -0.25) is 4.99 Å². The van der Waals surface area contributed by atoms with E-state index in [0.29, 0.717) is 0 Å². The van der Waals surface area contributed by atoms with E-state index in [0.717, 1.165) is 15.9 Å². The molecule has 0 saturated heterocycles. The number of hydrogen-bond donors (Lipinski definition) is 1. The first-order valence-electron chi connectivity index (χ1n) is 7.01. The van der Waals surface area contributed by atoms with E-state index in [1.165, 1.54) is 32.1 Å². The van der Waals surface area contributed by atoms with Gasteiger partial charge in [-0.05, 0) is 26.7 Å². The minimum atomic E-state index is -0.125. The molecule has 1 aliphatic carbocycles. The Morgan fingerprint density at radius 1 is 1.26 bits per heavy atom. The fourth-order valence-electron chi connectivity index (χ4n) is 2.87. The minimum Gasteiger partial charge on any atom is -0.354 e. The van der Waals surface area contributed by atoms with Crippen molar-refractivity contribution in [1.29, 1.82) is 0 Å². The van der Waals surface area contributed by atoms with Gasteiger partial charge in [0.25, 0.3) is 0 Å². The Bertz CT molecular complexity index is 459. The molecule has 104 valence electrons. The van der Waals surface area contributed by atoms with Gasteiger partial charge in [0.05, 0.1) is 11.1 Å². The molecular formula is C14H21N3S2. The standard InChI is InChI=1S/C14H21N3S2/c1-13(2,11-15-8-9-18-11)16-12-17-14(10-19-12)6-4-3-5-7-14/h8-9H,3-7,10H2,1-2H3,(H,16,17). The summed E-state index contributed by atoms with van der Waals surface area (Å²) in [6, 6.07) is 0. The monoisotopic (exact) mass is 295 g/mol. The number of thiazole rings is 1. The van der Waals surface area contributed by atoms with Gasteiger partial charge in [0.2, 0.25) is 0 Å². The van der Waals surface area contributed by atoms with Crippen LogP contribution in [0.3, 0.4) is 0 Å². The lowest BCUT2D eigenvalue weighted by Gasteiger charge is -2.29. The predicted octanol–water partition coefficient (Wildman–Crippen LogP) is 3.77. The van der Waals surface area contributed by atoms with Crippen molar-refractivity contribution in [2.75, 3.05) is 5.75 Å². The molecule has 0 amide bonds. The molecule has 0 bridgehead atoms. The van der Waals surface area contributed by atoms with Gasteiger partial charge in [-0.25, -0.2) is 4.98 Å². The van der Waals surface area contributed by atoms with E-state index >= 15 is 0 Å². The summed E-state index contributed by atoms with van der Waals surface area (Å²) in [7, 11) is 0. The zero-order chi connectivity index (χ0) is 13.3. The SMILES string of the molecule is CC(C)(NC1=NC2(CCCCC2)CS1)c1nccs1. The predicted molar refractivity (Wildman–Crippen MR) is 84.0 cm³/mol. The summed E-state index contributed by atoms with van der Waals surface area (Å²) in [5.74, 6) is 1.16. The lowest BCUT2D eigenvalue weighted by molar-refractivity contribution is 0.333. The van der Waals surface area contributed by atoms with E-state index < -0.39 is 0 Å². The lowest BCUT2D eigenvalue weighted by Crippen LogP contribution is -2.39. The van der Waals surface area contributed by atoms with Crippen molar-refractivity contribution in [2.45, 2.75) is 57.0 Å². The van der Waals surface area contributed by atoms with Crippen molar-refractivity contribution in [3.63, 3.8) is 0 Å². The highest BCUT2D eigenvalue weighted by Gasteiger charge is 2.38. The first-order valence-corrected chi connectivity index (χ1v) is 8.87. The highest BCUT2D eigenvalue weighted by atomic mass is 32.2. The molecule has 19 heavy (non-hydrogen) atoms. The van der Waals surface area contributed by atoms with Crippen LogP contribution in [0.1, 0.15) is 51.0 Å².